The highest BCUT2D eigenvalue weighted by molar-refractivity contribution is 5.91. The molecule has 0 aliphatic carbocycles. The normalized spacial score (nSPS) is 21.7. The minimum absolute atomic E-state index is 0.0734. The van der Waals surface area contributed by atoms with E-state index in [-0.39, 0.29) is 36.2 Å². The van der Waals surface area contributed by atoms with Gasteiger partial charge in [-0.2, -0.15) is 28.4 Å². The summed E-state index contributed by atoms with van der Waals surface area (Å²) in [5.41, 5.74) is 1.37. The van der Waals surface area contributed by atoms with Gasteiger partial charge in [0, 0.05) is 55.6 Å². The average molecular weight is 584 g/mol. The van der Waals surface area contributed by atoms with Gasteiger partial charge in [0.15, 0.2) is 0 Å². The predicted octanol–water partition coefficient (Wildman–Crippen LogP) is 3.65. The molecule has 0 bridgehead atoms. The minimum Gasteiger partial charge on any atom is -0.462 e. The molecule has 3 aliphatic rings. The predicted molar refractivity (Wildman–Crippen MR) is 152 cm³/mol. The lowest BCUT2D eigenvalue weighted by molar-refractivity contribution is -0.137. The van der Waals surface area contributed by atoms with Gasteiger partial charge in [0.25, 0.3) is 0 Å². The number of hydrogen-bond donors (Lipinski definition) is 1. The Labute approximate surface area is 244 Å². The quantitative estimate of drug-likeness (QED) is 0.494. The second kappa shape index (κ2) is 13.1. The summed E-state index contributed by atoms with van der Waals surface area (Å²) >= 11 is 0. The van der Waals surface area contributed by atoms with Crippen LogP contribution in [-0.2, 0) is 23.9 Å². The molecule has 3 aliphatic heterocycles. The number of benzene rings is 1. The Kier molecular flexibility index (Phi) is 9.28. The maximum Gasteiger partial charge on any atom is 0.418 e. The van der Waals surface area contributed by atoms with Crippen LogP contribution in [0.3, 0.4) is 0 Å². The highest BCUT2D eigenvalue weighted by atomic mass is 19.4. The summed E-state index contributed by atoms with van der Waals surface area (Å²) in [4.78, 5) is 28.1. The van der Waals surface area contributed by atoms with E-state index in [1.54, 1.807) is 21.9 Å². The number of alkyl halides is 3. The Morgan fingerprint density at radius 2 is 2.05 bits per heavy atom. The fourth-order valence-electron chi connectivity index (χ4n) is 5.92. The number of amides is 1. The van der Waals surface area contributed by atoms with Crippen LogP contribution in [-0.4, -0.2) is 84.1 Å². The number of likely N-dealkylation sites (tertiary alicyclic amines) is 1. The molecule has 1 amide bonds. The van der Waals surface area contributed by atoms with E-state index in [1.807, 2.05) is 7.05 Å². The van der Waals surface area contributed by atoms with Gasteiger partial charge >= 0.3 is 12.2 Å². The number of fused-ring (bicyclic) bond motifs is 1. The molecule has 1 aromatic heterocycles. The standard InChI is InChI=1S/C30H36F3N7O2/c1-38-15-4-6-22(38)20-42-29-36-25(10-11-28(41)40-17-14-35-21(18-40)12-13-34)23-7-5-16-39(19-26(23)37-29)27-9-3-2-8-24(27)30(31,32)33/h2-3,8-11,21-22,35H,4-7,12,14-20H2,1H3/t21-,22-/m0/s1. The van der Waals surface area contributed by atoms with Crippen molar-refractivity contribution in [2.75, 3.05) is 51.3 Å². The molecule has 0 unspecified atom stereocenters. The molecule has 2 saturated heterocycles. The third-order valence-corrected chi connectivity index (χ3v) is 8.21. The van der Waals surface area contributed by atoms with E-state index in [9.17, 15) is 18.0 Å². The molecule has 5 rings (SSSR count). The molecular weight excluding hydrogens is 547 g/mol. The Morgan fingerprint density at radius 3 is 2.81 bits per heavy atom. The van der Waals surface area contributed by atoms with Crippen LogP contribution in [0.15, 0.2) is 30.3 Å². The number of anilines is 1. The number of ether oxygens (including phenoxy) is 1. The summed E-state index contributed by atoms with van der Waals surface area (Å²) in [6.45, 7) is 3.54. The van der Waals surface area contributed by atoms with Crippen molar-refractivity contribution in [3.63, 3.8) is 0 Å². The second-order valence-corrected chi connectivity index (χ2v) is 11.1. The molecule has 2 atom stereocenters. The van der Waals surface area contributed by atoms with Gasteiger partial charge < -0.3 is 24.8 Å². The van der Waals surface area contributed by atoms with Crippen molar-refractivity contribution in [3.8, 4) is 12.1 Å². The van der Waals surface area contributed by atoms with Gasteiger partial charge in [-0.05, 0) is 57.5 Å². The first-order valence-electron chi connectivity index (χ1n) is 14.4. The summed E-state index contributed by atoms with van der Waals surface area (Å²) < 4.78 is 47.7. The minimum atomic E-state index is -4.48. The zero-order chi connectivity index (χ0) is 29.7. The van der Waals surface area contributed by atoms with Gasteiger partial charge in [0.1, 0.15) is 6.61 Å². The average Bonchev–Trinajstić information content (AvgIpc) is 3.26. The van der Waals surface area contributed by atoms with E-state index in [4.69, 9.17) is 15.0 Å². The van der Waals surface area contributed by atoms with Crippen molar-refractivity contribution >= 4 is 17.7 Å². The number of nitrogens with one attached hydrogen (secondary N) is 1. The van der Waals surface area contributed by atoms with E-state index < -0.39 is 11.7 Å². The summed E-state index contributed by atoms with van der Waals surface area (Å²) in [6, 6.07) is 8.06. The number of hydrogen-bond acceptors (Lipinski definition) is 8. The maximum absolute atomic E-state index is 13.9. The Balaban J connectivity index is 1.43. The molecule has 0 saturated carbocycles. The summed E-state index contributed by atoms with van der Waals surface area (Å²) in [5, 5.41) is 12.3. The fraction of sp³-hybridized carbons (Fsp3) is 0.533. The molecule has 2 aromatic rings. The number of carbonyl (C=O) groups excluding carboxylic acids is 1. The number of piperazine rings is 1. The van der Waals surface area contributed by atoms with Crippen LogP contribution in [0.1, 0.15) is 48.2 Å². The first-order valence-corrected chi connectivity index (χ1v) is 14.4. The lowest BCUT2D eigenvalue weighted by Gasteiger charge is -2.32. The highest BCUT2D eigenvalue weighted by Crippen LogP contribution is 2.38. The van der Waals surface area contributed by atoms with Gasteiger partial charge in [-0.25, -0.2) is 0 Å². The van der Waals surface area contributed by atoms with Crippen LogP contribution in [0.5, 0.6) is 6.01 Å². The molecule has 2 fully saturated rings. The molecule has 224 valence electrons. The van der Waals surface area contributed by atoms with Crippen LogP contribution < -0.4 is 15.0 Å². The van der Waals surface area contributed by atoms with E-state index in [1.165, 1.54) is 18.2 Å². The molecule has 1 aromatic carbocycles. The topological polar surface area (TPSA) is 97.6 Å². The molecular formula is C30H36F3N7O2. The van der Waals surface area contributed by atoms with Crippen LogP contribution in [0, 0.1) is 11.3 Å². The van der Waals surface area contributed by atoms with E-state index >= 15 is 0 Å². The van der Waals surface area contributed by atoms with Gasteiger partial charge in [-0.1, -0.05) is 12.1 Å². The zero-order valence-corrected chi connectivity index (χ0v) is 23.7. The first kappa shape index (κ1) is 29.8. The van der Waals surface area contributed by atoms with Gasteiger partial charge in [0.05, 0.1) is 36.0 Å². The fourth-order valence-corrected chi connectivity index (χ4v) is 5.92. The van der Waals surface area contributed by atoms with E-state index in [0.29, 0.717) is 63.4 Å². The third-order valence-electron chi connectivity index (χ3n) is 8.21. The molecule has 0 radical (unpaired) electrons. The Bertz CT molecular complexity index is 1340. The lowest BCUT2D eigenvalue weighted by Crippen LogP contribution is -2.52. The van der Waals surface area contributed by atoms with Crippen molar-refractivity contribution in [2.45, 2.75) is 56.9 Å². The van der Waals surface area contributed by atoms with Gasteiger partial charge in [-0.15, -0.1) is 0 Å². The van der Waals surface area contributed by atoms with Crippen LogP contribution in [0.2, 0.25) is 0 Å². The zero-order valence-electron chi connectivity index (χ0n) is 23.7. The number of carbonyl (C=O) groups is 1. The number of nitriles is 1. The molecule has 12 heteroatoms. The molecule has 1 N–H and O–H groups in total. The van der Waals surface area contributed by atoms with E-state index in [0.717, 1.165) is 31.0 Å². The molecule has 0 spiro atoms. The first-order chi connectivity index (χ1) is 20.2. The van der Waals surface area contributed by atoms with Crippen molar-refractivity contribution in [3.05, 3.63) is 52.9 Å². The van der Waals surface area contributed by atoms with Gasteiger partial charge in [-0.3, -0.25) is 4.79 Å². The largest absolute Gasteiger partial charge is 0.462 e. The summed E-state index contributed by atoms with van der Waals surface area (Å²) in [7, 11) is 2.05. The smallest absolute Gasteiger partial charge is 0.418 e. The van der Waals surface area contributed by atoms with Crippen LogP contribution in [0.25, 0.3) is 6.08 Å². The van der Waals surface area contributed by atoms with Crippen molar-refractivity contribution < 1.29 is 22.7 Å². The lowest BCUT2D eigenvalue weighted by atomic mass is 10.1. The maximum atomic E-state index is 13.9. The van der Waals surface area contributed by atoms with Crippen molar-refractivity contribution in [1.29, 1.82) is 5.26 Å². The molecule has 42 heavy (non-hydrogen) atoms. The van der Waals surface area contributed by atoms with Crippen molar-refractivity contribution in [2.24, 2.45) is 0 Å². The molecule has 9 nitrogen and oxygen atoms in total. The molecule has 4 heterocycles. The third kappa shape index (κ3) is 7.02. The van der Waals surface area contributed by atoms with Gasteiger partial charge in [0.2, 0.25) is 5.91 Å². The van der Waals surface area contributed by atoms with E-state index in [2.05, 4.69) is 21.3 Å². The monoisotopic (exact) mass is 583 g/mol. The number of nitrogens with zero attached hydrogens (tertiary/aromatic N) is 6. The Morgan fingerprint density at radius 1 is 1.21 bits per heavy atom. The SMILES string of the molecule is CN1CCC[C@H]1COc1nc(C=CC(=O)N2CCN[C@@H](CC#N)C2)c2c(n1)CN(c1ccccc1C(F)(F)F)CCC2. The number of likely N-dealkylation sites (N-methyl/N-ethyl adjacent to an activating group) is 1. The number of para-hydroxylation sites is 1. The summed E-state index contributed by atoms with van der Waals surface area (Å²) in [6.07, 6.45) is 2.21. The number of aromatic nitrogens is 2. The Hall–Kier alpha value is -3.69. The second-order valence-electron chi connectivity index (χ2n) is 11.1. The number of rotatable bonds is 7. The van der Waals surface area contributed by atoms with Crippen LogP contribution >= 0.6 is 0 Å². The number of halogens is 3. The van der Waals surface area contributed by atoms with Crippen molar-refractivity contribution in [1.82, 2.24) is 25.1 Å². The summed E-state index contributed by atoms with van der Waals surface area (Å²) in [5.74, 6) is -0.184. The highest BCUT2D eigenvalue weighted by Gasteiger charge is 2.35. The van der Waals surface area contributed by atoms with Crippen LogP contribution in [0.4, 0.5) is 18.9 Å².